The Morgan fingerprint density at radius 3 is 2.15 bits per heavy atom. The van der Waals surface area contributed by atoms with Gasteiger partial charge in [0.1, 0.15) is 17.2 Å². The van der Waals surface area contributed by atoms with Gasteiger partial charge in [-0.25, -0.2) is 4.98 Å². The van der Waals surface area contributed by atoms with Crippen molar-refractivity contribution in [3.05, 3.63) is 199 Å². The molecular formula is C54H44BN5O2. The van der Waals surface area contributed by atoms with Crippen LogP contribution in [0.3, 0.4) is 0 Å². The number of ether oxygens (including phenoxy) is 1. The Balaban J connectivity index is 1.02. The predicted octanol–water partition coefficient (Wildman–Crippen LogP) is 11.8. The van der Waals surface area contributed by atoms with E-state index in [0.29, 0.717) is 5.75 Å². The van der Waals surface area contributed by atoms with Crippen molar-refractivity contribution in [2.75, 3.05) is 4.81 Å². The van der Waals surface area contributed by atoms with Crippen LogP contribution in [0.4, 0.5) is 11.5 Å². The van der Waals surface area contributed by atoms with Gasteiger partial charge in [-0.2, -0.15) is 0 Å². The van der Waals surface area contributed by atoms with Crippen molar-refractivity contribution in [3.63, 3.8) is 0 Å². The van der Waals surface area contributed by atoms with Crippen LogP contribution in [0.25, 0.3) is 49.9 Å². The molecule has 1 aliphatic heterocycles. The average Bonchev–Trinajstić information content (AvgIpc) is 3.97. The summed E-state index contributed by atoms with van der Waals surface area (Å²) in [4.78, 5) is 7.06. The molecule has 1 aliphatic rings. The van der Waals surface area contributed by atoms with E-state index < -0.39 is 7.05 Å². The van der Waals surface area contributed by atoms with E-state index in [1.54, 1.807) is 0 Å². The summed E-state index contributed by atoms with van der Waals surface area (Å²) in [6, 6.07) is 59.4. The number of benzene rings is 7. The number of pyridine rings is 1. The van der Waals surface area contributed by atoms with Crippen LogP contribution >= 0.6 is 0 Å². The minimum atomic E-state index is -0.392. The number of rotatable bonds is 7. The minimum absolute atomic E-state index is 0.167. The maximum atomic E-state index is 6.89. The number of hydrogen-bond acceptors (Lipinski definition) is 4. The summed E-state index contributed by atoms with van der Waals surface area (Å²) in [6.07, 6.45) is 5.61. The lowest BCUT2D eigenvalue weighted by atomic mass is 9.67. The molecule has 11 rings (SSSR count). The molecule has 0 saturated carbocycles. The molecule has 62 heavy (non-hydrogen) atoms. The van der Waals surface area contributed by atoms with E-state index in [0.717, 1.165) is 73.2 Å². The summed E-state index contributed by atoms with van der Waals surface area (Å²) in [5.74, 6) is 2.97. The van der Waals surface area contributed by atoms with Crippen molar-refractivity contribution in [1.29, 1.82) is 0 Å². The number of fused-ring (bicyclic) bond motifs is 5. The summed E-state index contributed by atoms with van der Waals surface area (Å²) in [7, 11) is -0.392. The molecule has 0 radical (unpaired) electrons. The lowest BCUT2D eigenvalue weighted by Gasteiger charge is -2.27. The number of para-hydroxylation sites is 5. The first-order valence-corrected chi connectivity index (χ1v) is 21.1. The molecule has 0 saturated heterocycles. The maximum Gasteiger partial charge on any atom is 0.526 e. The third kappa shape index (κ3) is 6.21. The van der Waals surface area contributed by atoms with Crippen LogP contribution in [0.15, 0.2) is 176 Å². The van der Waals surface area contributed by atoms with Gasteiger partial charge in [-0.05, 0) is 97.0 Å². The van der Waals surface area contributed by atoms with Crippen molar-refractivity contribution in [1.82, 2.24) is 14.1 Å². The zero-order valence-electron chi connectivity index (χ0n) is 35.4. The second-order valence-corrected chi connectivity index (χ2v) is 17.2. The summed E-state index contributed by atoms with van der Waals surface area (Å²) in [6.45, 7) is 11.0. The smallest absolute Gasteiger partial charge is 0.526 e. The van der Waals surface area contributed by atoms with E-state index in [1.807, 2.05) is 30.5 Å². The molecule has 0 bridgehead atoms. The first kappa shape index (κ1) is 37.4. The lowest BCUT2D eigenvalue weighted by molar-refractivity contribution is -0.571. The topological polar surface area (TPSA) is 48.3 Å². The van der Waals surface area contributed by atoms with Crippen LogP contribution in [0.5, 0.6) is 17.2 Å². The maximum absolute atomic E-state index is 6.89. The summed E-state index contributed by atoms with van der Waals surface area (Å²) >= 11 is 0. The number of anilines is 2. The van der Waals surface area contributed by atoms with Crippen LogP contribution < -0.4 is 24.2 Å². The monoisotopic (exact) mass is 805 g/mol. The molecule has 7 nitrogen and oxygen atoms in total. The van der Waals surface area contributed by atoms with Crippen molar-refractivity contribution in [2.45, 2.75) is 40.0 Å². The normalized spacial score (nSPS) is 12.7. The molecule has 4 heterocycles. The first-order valence-electron chi connectivity index (χ1n) is 21.1. The van der Waals surface area contributed by atoms with Crippen LogP contribution in [0, 0.1) is 20.2 Å². The predicted molar refractivity (Wildman–Crippen MR) is 252 cm³/mol. The number of nitrogens with zero attached hydrogens (tertiary/aromatic N) is 5. The molecular weight excluding hydrogens is 761 g/mol. The molecule has 0 N–H and O–H groups in total. The van der Waals surface area contributed by atoms with Gasteiger partial charge in [0.15, 0.2) is 5.82 Å². The van der Waals surface area contributed by atoms with E-state index in [1.165, 1.54) is 21.9 Å². The Morgan fingerprint density at radius 2 is 1.32 bits per heavy atom. The molecule has 7 aromatic carbocycles. The van der Waals surface area contributed by atoms with E-state index in [4.69, 9.17) is 14.4 Å². The summed E-state index contributed by atoms with van der Waals surface area (Å²) in [5, 5.41) is 2.40. The molecule has 0 fully saturated rings. The fourth-order valence-corrected chi connectivity index (χ4v) is 9.09. The number of aromatic nitrogens is 4. The largest absolute Gasteiger partial charge is 0.535 e. The zero-order chi connectivity index (χ0) is 42.1. The van der Waals surface area contributed by atoms with Gasteiger partial charge in [-0.3, -0.25) is 9.13 Å². The van der Waals surface area contributed by atoms with Gasteiger partial charge >= 0.3 is 7.05 Å². The van der Waals surface area contributed by atoms with Gasteiger partial charge in [0.05, 0.1) is 33.4 Å². The highest BCUT2D eigenvalue weighted by Crippen LogP contribution is 2.43. The highest BCUT2D eigenvalue weighted by atomic mass is 16.5. The van der Waals surface area contributed by atoms with Crippen molar-refractivity contribution in [3.8, 4) is 34.3 Å². The Bertz CT molecular complexity index is 3330. The minimum Gasteiger partial charge on any atom is -0.535 e. The Labute approximate surface area is 361 Å². The van der Waals surface area contributed by atoms with Gasteiger partial charge in [0.2, 0.25) is 0 Å². The second-order valence-electron chi connectivity index (χ2n) is 17.2. The molecule has 3 aromatic heterocycles. The second kappa shape index (κ2) is 14.6. The molecule has 10 aromatic rings. The van der Waals surface area contributed by atoms with E-state index in [2.05, 4.69) is 205 Å². The molecule has 300 valence electrons. The SMILES string of the molecule is Cc1cccc(C)c1B1Oc2cccnc2N1c1cc(Oc2cccc(-n3[c-][n+](-c4cccc5c6ccccc6n(-c6ccccc6)c45)c4ccccc43)c2)cc(C(C)(C)C)c1. The molecule has 0 amide bonds. The van der Waals surface area contributed by atoms with Gasteiger partial charge in [0.25, 0.3) is 6.33 Å². The fourth-order valence-electron chi connectivity index (χ4n) is 9.09. The zero-order valence-corrected chi connectivity index (χ0v) is 35.4. The highest BCUT2D eigenvalue weighted by Gasteiger charge is 2.42. The molecule has 0 atom stereocenters. The quantitative estimate of drug-likeness (QED) is 0.0914. The van der Waals surface area contributed by atoms with Crippen molar-refractivity contribution in [2.24, 2.45) is 0 Å². The van der Waals surface area contributed by atoms with Crippen molar-refractivity contribution < 1.29 is 14.0 Å². The molecule has 8 heteroatoms. The third-order valence-electron chi connectivity index (χ3n) is 12.1. The summed E-state index contributed by atoms with van der Waals surface area (Å²) in [5.41, 5.74) is 12.8. The van der Waals surface area contributed by atoms with Crippen LogP contribution in [-0.4, -0.2) is 21.2 Å². The van der Waals surface area contributed by atoms with E-state index >= 15 is 0 Å². The fraction of sp³-hybridized carbons (Fsp3) is 0.111. The number of hydrogen-bond donors (Lipinski definition) is 0. The van der Waals surface area contributed by atoms with E-state index in [9.17, 15) is 0 Å². The average molecular weight is 806 g/mol. The van der Waals surface area contributed by atoms with Crippen LogP contribution in [0.2, 0.25) is 0 Å². The Morgan fingerprint density at radius 1 is 0.629 bits per heavy atom. The summed E-state index contributed by atoms with van der Waals surface area (Å²) < 4.78 is 20.3. The standard InChI is InChI=1S/C54H44BN5O2/c1-36-17-13-18-37(2)51(36)55-60(53-50(62-55)29-16-30-56-53)41-31-38(54(3,4)5)32-43(34-41)61-42-22-14-21-40(33-42)57-35-58(48-27-12-11-26-47(48)57)49-28-15-24-45-44-23-9-10-25-46(44)59(52(45)49)39-19-7-6-8-20-39/h6-34H,1-5H3. The van der Waals surface area contributed by atoms with Crippen LogP contribution in [-0.2, 0) is 5.41 Å². The van der Waals surface area contributed by atoms with Gasteiger partial charge in [-0.1, -0.05) is 129 Å². The Kier molecular flexibility index (Phi) is 8.79. The van der Waals surface area contributed by atoms with Gasteiger partial charge in [-0.15, -0.1) is 0 Å². The van der Waals surface area contributed by atoms with E-state index in [-0.39, 0.29) is 5.41 Å². The number of imidazole rings is 1. The molecule has 0 spiro atoms. The number of aryl methyl sites for hydroxylation is 2. The van der Waals surface area contributed by atoms with Gasteiger partial charge < -0.3 is 18.8 Å². The van der Waals surface area contributed by atoms with Crippen molar-refractivity contribution >= 4 is 56.9 Å². The third-order valence-corrected chi connectivity index (χ3v) is 12.1. The van der Waals surface area contributed by atoms with Gasteiger partial charge in [0, 0.05) is 34.4 Å². The van der Waals surface area contributed by atoms with Crippen LogP contribution in [0.1, 0.15) is 37.5 Å². The molecule has 0 aliphatic carbocycles. The highest BCUT2D eigenvalue weighted by molar-refractivity contribution is 6.75. The Hall–Kier alpha value is -7.58. The molecule has 0 unspecified atom stereocenters. The lowest BCUT2D eigenvalue weighted by Crippen LogP contribution is -2.49. The first-order chi connectivity index (χ1) is 30.2.